The molecule has 0 bridgehead atoms. The van der Waals surface area contributed by atoms with Gasteiger partial charge in [0.05, 0.1) is 5.70 Å². The Hall–Kier alpha value is -0.960. The quantitative estimate of drug-likeness (QED) is 0.544. The zero-order valence-corrected chi connectivity index (χ0v) is 8.59. The monoisotopic (exact) mass is 196 g/mol. The lowest BCUT2D eigenvalue weighted by atomic mass is 9.66. The minimum atomic E-state index is -0.298. The molecular weight excluding hydrogens is 179 g/mol. The summed E-state index contributed by atoms with van der Waals surface area (Å²) in [6, 6.07) is 0. The van der Waals surface area contributed by atoms with Crippen molar-refractivity contribution in [2.45, 2.75) is 26.2 Å². The van der Waals surface area contributed by atoms with Gasteiger partial charge in [-0.1, -0.05) is 12.5 Å². The molecule has 0 aromatic rings. The number of rotatable bonds is 4. The molecule has 14 heavy (non-hydrogen) atoms. The molecule has 0 saturated heterocycles. The van der Waals surface area contributed by atoms with E-state index in [0.29, 0.717) is 12.2 Å². The molecular formula is C11H17FN2. The highest BCUT2D eigenvalue weighted by molar-refractivity contribution is 5.36. The van der Waals surface area contributed by atoms with E-state index in [-0.39, 0.29) is 11.2 Å². The van der Waals surface area contributed by atoms with Crippen LogP contribution in [0.4, 0.5) is 4.39 Å². The first-order chi connectivity index (χ1) is 6.70. The van der Waals surface area contributed by atoms with Crippen molar-refractivity contribution >= 4 is 6.72 Å². The summed E-state index contributed by atoms with van der Waals surface area (Å²) >= 11 is 0. The fraction of sp³-hybridized carbons (Fsp3) is 0.545. The predicted octanol–water partition coefficient (Wildman–Crippen LogP) is 2.57. The lowest BCUT2D eigenvalue weighted by Gasteiger charge is -2.41. The molecule has 0 aromatic carbocycles. The van der Waals surface area contributed by atoms with E-state index in [9.17, 15) is 4.39 Å². The van der Waals surface area contributed by atoms with Gasteiger partial charge in [0.2, 0.25) is 0 Å². The zero-order chi connectivity index (χ0) is 10.6. The normalized spacial score (nSPS) is 21.6. The molecule has 0 atom stereocenters. The highest BCUT2D eigenvalue weighted by atomic mass is 19.1. The third-order valence-electron chi connectivity index (χ3n) is 2.90. The van der Waals surface area contributed by atoms with Crippen molar-refractivity contribution in [3.63, 3.8) is 0 Å². The molecule has 0 aromatic heterocycles. The summed E-state index contributed by atoms with van der Waals surface area (Å²) in [5.41, 5.74) is 5.86. The minimum Gasteiger partial charge on any atom is -0.330 e. The summed E-state index contributed by atoms with van der Waals surface area (Å²) < 4.78 is 13.6. The lowest BCUT2D eigenvalue weighted by Crippen LogP contribution is -2.38. The van der Waals surface area contributed by atoms with Crippen LogP contribution in [0.15, 0.2) is 28.7 Å². The number of halogens is 1. The van der Waals surface area contributed by atoms with Crippen LogP contribution < -0.4 is 5.73 Å². The molecule has 1 rings (SSSR count). The lowest BCUT2D eigenvalue weighted by molar-refractivity contribution is 0.190. The van der Waals surface area contributed by atoms with Gasteiger partial charge in [-0.3, -0.25) is 4.99 Å². The van der Waals surface area contributed by atoms with Gasteiger partial charge in [-0.05, 0) is 32.6 Å². The molecule has 0 aliphatic heterocycles. The molecule has 78 valence electrons. The Kier molecular flexibility index (Phi) is 3.58. The van der Waals surface area contributed by atoms with Crippen molar-refractivity contribution in [1.29, 1.82) is 0 Å². The van der Waals surface area contributed by atoms with Gasteiger partial charge in [0.15, 0.2) is 0 Å². The second-order valence-electron chi connectivity index (χ2n) is 3.69. The molecule has 0 radical (unpaired) electrons. The van der Waals surface area contributed by atoms with Gasteiger partial charge in [-0.2, -0.15) is 0 Å². The molecule has 1 saturated carbocycles. The maximum absolute atomic E-state index is 13.6. The Morgan fingerprint density at radius 1 is 1.64 bits per heavy atom. The van der Waals surface area contributed by atoms with Crippen molar-refractivity contribution in [3.8, 4) is 0 Å². The van der Waals surface area contributed by atoms with Crippen LogP contribution in [0.25, 0.3) is 0 Å². The highest BCUT2D eigenvalue weighted by Gasteiger charge is 2.40. The molecule has 1 aliphatic carbocycles. The van der Waals surface area contributed by atoms with E-state index in [1.54, 1.807) is 13.0 Å². The van der Waals surface area contributed by atoms with Gasteiger partial charge < -0.3 is 5.73 Å². The highest BCUT2D eigenvalue weighted by Crippen LogP contribution is 2.47. The smallest absolute Gasteiger partial charge is 0.144 e. The fourth-order valence-corrected chi connectivity index (χ4v) is 1.86. The Morgan fingerprint density at radius 2 is 2.29 bits per heavy atom. The third-order valence-corrected chi connectivity index (χ3v) is 2.90. The standard InChI is InChI=1S/C11H17FN2/c1-3-5-9(12)10(14-2)11(8-13)6-4-7-11/h3,5H,2,4,6-8,13H2,1H3/b5-3-,10-9+. The number of aliphatic imine (C=N–C) groups is 1. The van der Waals surface area contributed by atoms with Crippen LogP contribution in [0.2, 0.25) is 0 Å². The van der Waals surface area contributed by atoms with E-state index in [1.165, 1.54) is 6.08 Å². The number of nitrogens with two attached hydrogens (primary N) is 1. The number of hydrogen-bond donors (Lipinski definition) is 1. The van der Waals surface area contributed by atoms with Crippen molar-refractivity contribution in [2.24, 2.45) is 16.1 Å². The molecule has 1 fully saturated rings. The molecule has 2 nitrogen and oxygen atoms in total. The van der Waals surface area contributed by atoms with Crippen LogP contribution in [0.3, 0.4) is 0 Å². The van der Waals surface area contributed by atoms with E-state index in [2.05, 4.69) is 11.7 Å². The molecule has 3 heteroatoms. The summed E-state index contributed by atoms with van der Waals surface area (Å²) in [4.78, 5) is 3.79. The average molecular weight is 196 g/mol. The van der Waals surface area contributed by atoms with Crippen LogP contribution in [0.5, 0.6) is 0 Å². The summed E-state index contributed by atoms with van der Waals surface area (Å²) in [5, 5.41) is 0. The van der Waals surface area contributed by atoms with E-state index in [1.807, 2.05) is 0 Å². The summed E-state index contributed by atoms with van der Waals surface area (Å²) in [7, 11) is 0. The summed E-state index contributed by atoms with van der Waals surface area (Å²) in [6.07, 6.45) is 6.01. The van der Waals surface area contributed by atoms with E-state index >= 15 is 0 Å². The Labute approximate surface area is 84.4 Å². The number of allylic oxidation sites excluding steroid dienone is 3. The van der Waals surface area contributed by atoms with Gasteiger partial charge in [-0.15, -0.1) is 0 Å². The van der Waals surface area contributed by atoms with Crippen molar-refractivity contribution in [1.82, 2.24) is 0 Å². The van der Waals surface area contributed by atoms with Crippen molar-refractivity contribution in [3.05, 3.63) is 23.7 Å². The molecule has 2 N–H and O–H groups in total. The molecule has 0 unspecified atom stereocenters. The average Bonchev–Trinajstić information content (AvgIpc) is 2.11. The Balaban J connectivity index is 3.00. The second-order valence-corrected chi connectivity index (χ2v) is 3.69. The Morgan fingerprint density at radius 3 is 2.57 bits per heavy atom. The zero-order valence-electron chi connectivity index (χ0n) is 8.59. The van der Waals surface area contributed by atoms with E-state index in [4.69, 9.17) is 5.73 Å². The van der Waals surface area contributed by atoms with Crippen LogP contribution >= 0.6 is 0 Å². The van der Waals surface area contributed by atoms with Crippen molar-refractivity contribution < 1.29 is 4.39 Å². The van der Waals surface area contributed by atoms with Gasteiger partial charge in [0.25, 0.3) is 0 Å². The Bertz CT molecular complexity index is 270. The third kappa shape index (κ3) is 1.77. The van der Waals surface area contributed by atoms with Gasteiger partial charge >= 0.3 is 0 Å². The topological polar surface area (TPSA) is 38.4 Å². The second kappa shape index (κ2) is 4.51. The van der Waals surface area contributed by atoms with Gasteiger partial charge in [-0.25, -0.2) is 4.39 Å². The van der Waals surface area contributed by atoms with Crippen LogP contribution in [-0.4, -0.2) is 13.3 Å². The number of nitrogens with zero attached hydrogens (tertiary/aromatic N) is 1. The van der Waals surface area contributed by atoms with Crippen LogP contribution in [0.1, 0.15) is 26.2 Å². The fourth-order valence-electron chi connectivity index (χ4n) is 1.86. The maximum atomic E-state index is 13.6. The largest absolute Gasteiger partial charge is 0.330 e. The van der Waals surface area contributed by atoms with Crippen LogP contribution in [-0.2, 0) is 0 Å². The van der Waals surface area contributed by atoms with E-state index < -0.39 is 0 Å². The minimum absolute atomic E-state index is 0.245. The summed E-state index contributed by atoms with van der Waals surface area (Å²) in [5.74, 6) is -0.298. The first-order valence-electron chi connectivity index (χ1n) is 4.90. The van der Waals surface area contributed by atoms with E-state index in [0.717, 1.165) is 19.3 Å². The maximum Gasteiger partial charge on any atom is 0.144 e. The first-order valence-corrected chi connectivity index (χ1v) is 4.90. The SMILES string of the molecule is C=N/C(=C(F)\C=C/C)C1(CN)CCC1. The molecule has 1 aliphatic rings. The van der Waals surface area contributed by atoms with Crippen molar-refractivity contribution in [2.75, 3.05) is 6.54 Å². The molecule has 0 heterocycles. The van der Waals surface area contributed by atoms with Gasteiger partial charge in [0.1, 0.15) is 5.83 Å². The van der Waals surface area contributed by atoms with Gasteiger partial charge in [0, 0.05) is 12.0 Å². The summed E-state index contributed by atoms with van der Waals surface area (Å²) in [6.45, 7) is 5.65. The molecule has 0 amide bonds. The molecule has 0 spiro atoms. The predicted molar refractivity (Wildman–Crippen MR) is 57.8 cm³/mol. The first kappa shape index (κ1) is 11.1. The number of hydrogen-bond acceptors (Lipinski definition) is 2. The van der Waals surface area contributed by atoms with Crippen LogP contribution in [0, 0.1) is 5.41 Å².